The molecule has 0 unspecified atom stereocenters. The lowest BCUT2D eigenvalue weighted by atomic mass is 10.1. The van der Waals surface area contributed by atoms with Crippen molar-refractivity contribution in [3.63, 3.8) is 0 Å². The molecule has 0 aliphatic heterocycles. The van der Waals surface area contributed by atoms with E-state index in [1.807, 2.05) is 25.1 Å². The predicted octanol–water partition coefficient (Wildman–Crippen LogP) is 1.42. The van der Waals surface area contributed by atoms with Crippen LogP contribution >= 0.6 is 0 Å². The summed E-state index contributed by atoms with van der Waals surface area (Å²) < 4.78 is 0. The van der Waals surface area contributed by atoms with E-state index in [9.17, 15) is 4.79 Å². The molecule has 1 aromatic heterocycles. The third-order valence-electron chi connectivity index (χ3n) is 2.07. The molecular formula is C10H10N2O. The molecule has 3 nitrogen and oxygen atoms in total. The van der Waals surface area contributed by atoms with E-state index >= 15 is 0 Å². The second-order valence-corrected chi connectivity index (χ2v) is 3.12. The molecule has 13 heavy (non-hydrogen) atoms. The van der Waals surface area contributed by atoms with E-state index in [-0.39, 0.29) is 11.1 Å². The van der Waals surface area contributed by atoms with Crippen molar-refractivity contribution in [3.05, 3.63) is 40.2 Å². The van der Waals surface area contributed by atoms with Gasteiger partial charge in [0.2, 0.25) is 5.43 Å². The number of aryl methyl sites for hydroxylation is 1. The number of nitrogens with one attached hydrogen (secondary N) is 1. The van der Waals surface area contributed by atoms with Gasteiger partial charge >= 0.3 is 0 Å². The first kappa shape index (κ1) is 7.86. The third-order valence-corrected chi connectivity index (χ3v) is 2.07. The van der Waals surface area contributed by atoms with Gasteiger partial charge in [0.1, 0.15) is 0 Å². The fourth-order valence-corrected chi connectivity index (χ4v) is 1.35. The molecule has 66 valence electrons. The van der Waals surface area contributed by atoms with Crippen LogP contribution in [0.4, 0.5) is 5.69 Å². The maximum Gasteiger partial charge on any atom is 0.212 e. The Balaban J connectivity index is 2.97. The number of aromatic nitrogens is 1. The van der Waals surface area contributed by atoms with E-state index in [0.29, 0.717) is 5.39 Å². The number of aromatic amines is 1. The van der Waals surface area contributed by atoms with Crippen LogP contribution in [0.2, 0.25) is 0 Å². The Morgan fingerprint density at radius 3 is 2.92 bits per heavy atom. The minimum Gasteiger partial charge on any atom is -0.394 e. The summed E-state index contributed by atoms with van der Waals surface area (Å²) in [5.41, 5.74) is 7.54. The number of pyridine rings is 1. The summed E-state index contributed by atoms with van der Waals surface area (Å²) in [4.78, 5) is 14.5. The quantitative estimate of drug-likeness (QED) is 0.634. The van der Waals surface area contributed by atoms with Crippen LogP contribution in [0.5, 0.6) is 0 Å². The summed E-state index contributed by atoms with van der Waals surface area (Å²) in [7, 11) is 0. The summed E-state index contributed by atoms with van der Waals surface area (Å²) in [6.07, 6.45) is 1.53. The lowest BCUT2D eigenvalue weighted by Crippen LogP contribution is -2.08. The van der Waals surface area contributed by atoms with E-state index < -0.39 is 0 Å². The fraction of sp³-hybridized carbons (Fsp3) is 0.100. The molecule has 0 saturated carbocycles. The minimum atomic E-state index is -0.0996. The summed E-state index contributed by atoms with van der Waals surface area (Å²) in [5.74, 6) is 0. The zero-order valence-corrected chi connectivity index (χ0v) is 7.29. The van der Waals surface area contributed by atoms with Crippen molar-refractivity contribution in [2.24, 2.45) is 0 Å². The molecular weight excluding hydrogens is 164 g/mol. The molecule has 0 radical (unpaired) electrons. The maximum absolute atomic E-state index is 11.5. The Kier molecular flexibility index (Phi) is 1.59. The second kappa shape index (κ2) is 2.62. The number of benzene rings is 1. The van der Waals surface area contributed by atoms with Crippen molar-refractivity contribution in [1.82, 2.24) is 4.98 Å². The molecule has 3 N–H and O–H groups in total. The van der Waals surface area contributed by atoms with Gasteiger partial charge in [0.05, 0.1) is 5.69 Å². The molecule has 2 rings (SSSR count). The molecule has 0 amide bonds. The zero-order valence-electron chi connectivity index (χ0n) is 7.29. The molecule has 0 aliphatic rings. The summed E-state index contributed by atoms with van der Waals surface area (Å²) in [6.45, 7) is 1.95. The zero-order chi connectivity index (χ0) is 9.42. The van der Waals surface area contributed by atoms with Crippen molar-refractivity contribution >= 4 is 16.6 Å². The number of nitrogens with two attached hydrogens (primary N) is 1. The highest BCUT2D eigenvalue weighted by atomic mass is 16.1. The van der Waals surface area contributed by atoms with Gasteiger partial charge in [0, 0.05) is 17.1 Å². The topological polar surface area (TPSA) is 58.9 Å². The van der Waals surface area contributed by atoms with Crippen molar-refractivity contribution in [1.29, 1.82) is 0 Å². The molecule has 0 bridgehead atoms. The standard InChI is InChI=1S/C10H10N2O/c1-6-2-3-9-7(4-6)10(13)8(11)5-12-9/h2-5H,11H2,1H3,(H,12,13). The number of nitrogen functional groups attached to an aromatic ring is 1. The van der Waals surface area contributed by atoms with Crippen LogP contribution in [0.25, 0.3) is 10.9 Å². The Morgan fingerprint density at radius 2 is 2.15 bits per heavy atom. The van der Waals surface area contributed by atoms with Crippen LogP contribution < -0.4 is 11.2 Å². The second-order valence-electron chi connectivity index (χ2n) is 3.12. The highest BCUT2D eigenvalue weighted by Crippen LogP contribution is 2.10. The van der Waals surface area contributed by atoms with E-state index in [1.165, 1.54) is 6.20 Å². The molecule has 0 aliphatic carbocycles. The van der Waals surface area contributed by atoms with Crippen molar-refractivity contribution in [3.8, 4) is 0 Å². The SMILES string of the molecule is Cc1ccc2[nH]cc(N)c(=O)c2c1. The molecule has 2 aromatic rings. The van der Waals surface area contributed by atoms with Crippen LogP contribution in [0, 0.1) is 6.92 Å². The van der Waals surface area contributed by atoms with Gasteiger partial charge < -0.3 is 10.7 Å². The number of anilines is 1. The smallest absolute Gasteiger partial charge is 0.212 e. The van der Waals surface area contributed by atoms with Crippen LogP contribution in [-0.4, -0.2) is 4.98 Å². The molecule has 1 heterocycles. The van der Waals surface area contributed by atoms with E-state index in [1.54, 1.807) is 0 Å². The van der Waals surface area contributed by atoms with Gasteiger partial charge in [0.25, 0.3) is 0 Å². The van der Waals surface area contributed by atoms with E-state index in [4.69, 9.17) is 5.73 Å². The van der Waals surface area contributed by atoms with Gasteiger partial charge in [-0.25, -0.2) is 0 Å². The van der Waals surface area contributed by atoms with Gasteiger partial charge in [-0.2, -0.15) is 0 Å². The average Bonchev–Trinajstić information content (AvgIpc) is 2.12. The number of hydrogen-bond acceptors (Lipinski definition) is 2. The molecule has 0 atom stereocenters. The summed E-state index contributed by atoms with van der Waals surface area (Å²) >= 11 is 0. The fourth-order valence-electron chi connectivity index (χ4n) is 1.35. The van der Waals surface area contributed by atoms with Gasteiger partial charge in [-0.05, 0) is 19.1 Å². The molecule has 3 heteroatoms. The highest BCUT2D eigenvalue weighted by molar-refractivity contribution is 5.81. The average molecular weight is 174 g/mol. The first-order chi connectivity index (χ1) is 6.18. The Bertz CT molecular complexity index is 509. The van der Waals surface area contributed by atoms with Crippen molar-refractivity contribution in [2.45, 2.75) is 6.92 Å². The molecule has 1 aromatic carbocycles. The summed E-state index contributed by atoms with van der Waals surface area (Å²) in [6, 6.07) is 5.67. The van der Waals surface area contributed by atoms with Gasteiger partial charge in [-0.1, -0.05) is 11.6 Å². The van der Waals surface area contributed by atoms with Crippen LogP contribution in [0.1, 0.15) is 5.56 Å². The third kappa shape index (κ3) is 1.18. The molecule has 0 fully saturated rings. The predicted molar refractivity (Wildman–Crippen MR) is 53.7 cm³/mol. The number of fused-ring (bicyclic) bond motifs is 1. The van der Waals surface area contributed by atoms with Crippen molar-refractivity contribution in [2.75, 3.05) is 5.73 Å². The first-order valence-corrected chi connectivity index (χ1v) is 4.06. The lowest BCUT2D eigenvalue weighted by Gasteiger charge is -1.99. The number of hydrogen-bond donors (Lipinski definition) is 2. The molecule has 0 saturated heterocycles. The van der Waals surface area contributed by atoms with Gasteiger partial charge in [0.15, 0.2) is 0 Å². The van der Waals surface area contributed by atoms with Gasteiger partial charge in [-0.3, -0.25) is 4.79 Å². The Morgan fingerprint density at radius 1 is 1.38 bits per heavy atom. The highest BCUT2D eigenvalue weighted by Gasteiger charge is 2.00. The summed E-state index contributed by atoms with van der Waals surface area (Å²) in [5, 5.41) is 0.653. The van der Waals surface area contributed by atoms with E-state index in [2.05, 4.69) is 4.98 Å². The van der Waals surface area contributed by atoms with Gasteiger partial charge in [-0.15, -0.1) is 0 Å². The number of H-pyrrole nitrogens is 1. The van der Waals surface area contributed by atoms with Crippen LogP contribution in [0.15, 0.2) is 29.2 Å². The number of rotatable bonds is 0. The maximum atomic E-state index is 11.5. The normalized spacial score (nSPS) is 10.5. The van der Waals surface area contributed by atoms with E-state index in [0.717, 1.165) is 11.1 Å². The van der Waals surface area contributed by atoms with Crippen molar-refractivity contribution < 1.29 is 0 Å². The first-order valence-electron chi connectivity index (χ1n) is 4.06. The van der Waals surface area contributed by atoms with Crippen LogP contribution in [-0.2, 0) is 0 Å². The Labute approximate surface area is 75.2 Å². The Hall–Kier alpha value is -1.77. The lowest BCUT2D eigenvalue weighted by molar-refractivity contribution is 1.38. The monoisotopic (exact) mass is 174 g/mol. The van der Waals surface area contributed by atoms with Crippen LogP contribution in [0.3, 0.4) is 0 Å². The largest absolute Gasteiger partial charge is 0.394 e. The molecule has 0 spiro atoms. The minimum absolute atomic E-state index is 0.0996.